The largest absolute Gasteiger partial charge is 0.449 e. The van der Waals surface area contributed by atoms with E-state index < -0.39 is 45.7 Å². The van der Waals surface area contributed by atoms with Gasteiger partial charge < -0.3 is 9.64 Å². The highest BCUT2D eigenvalue weighted by Crippen LogP contribution is 2.25. The molecule has 0 spiro atoms. The number of hydrogen-bond acceptors (Lipinski definition) is 7. The van der Waals surface area contributed by atoms with Crippen LogP contribution in [-0.4, -0.2) is 78.6 Å². The third-order valence-corrected chi connectivity index (χ3v) is 7.17. The lowest BCUT2D eigenvalue weighted by atomic mass is 10.1. The van der Waals surface area contributed by atoms with E-state index in [1.807, 2.05) is 0 Å². The van der Waals surface area contributed by atoms with Crippen LogP contribution in [0.5, 0.6) is 0 Å². The minimum Gasteiger partial charge on any atom is -0.449 e. The van der Waals surface area contributed by atoms with E-state index in [0.717, 1.165) is 4.90 Å². The van der Waals surface area contributed by atoms with E-state index in [2.05, 4.69) is 6.58 Å². The highest BCUT2D eigenvalue weighted by atomic mass is 32.2. The minimum atomic E-state index is -3.17. The number of benzene rings is 1. The molecular weight excluding hydrogens is 424 g/mol. The Morgan fingerprint density at radius 3 is 2.55 bits per heavy atom. The molecule has 166 valence electrons. The molecule has 1 saturated heterocycles. The first-order valence-corrected chi connectivity index (χ1v) is 11.7. The van der Waals surface area contributed by atoms with Crippen LogP contribution in [0.4, 0.5) is 0 Å². The topological polar surface area (TPSA) is 118 Å². The molecule has 0 radical (unpaired) electrons. The van der Waals surface area contributed by atoms with E-state index in [1.54, 1.807) is 6.92 Å². The molecule has 0 aliphatic carbocycles. The first-order valence-electron chi connectivity index (χ1n) is 9.92. The van der Waals surface area contributed by atoms with Crippen LogP contribution < -0.4 is 0 Å². The molecule has 0 saturated carbocycles. The Morgan fingerprint density at radius 2 is 1.97 bits per heavy atom. The van der Waals surface area contributed by atoms with Gasteiger partial charge >= 0.3 is 5.97 Å². The van der Waals surface area contributed by atoms with Crippen LogP contribution in [0.25, 0.3) is 0 Å². The Labute approximate surface area is 180 Å². The maximum Gasteiger partial charge on any atom is 0.338 e. The molecule has 2 aliphatic heterocycles. The maximum absolute atomic E-state index is 12.8. The summed E-state index contributed by atoms with van der Waals surface area (Å²) < 4.78 is 28.8. The summed E-state index contributed by atoms with van der Waals surface area (Å²) in [7, 11) is -3.17. The Morgan fingerprint density at radius 1 is 1.29 bits per heavy atom. The first kappa shape index (κ1) is 22.7. The van der Waals surface area contributed by atoms with Gasteiger partial charge in [0.15, 0.2) is 15.9 Å². The zero-order chi connectivity index (χ0) is 22.9. The molecule has 2 atom stereocenters. The van der Waals surface area contributed by atoms with Crippen molar-refractivity contribution >= 4 is 33.5 Å². The molecule has 1 aromatic carbocycles. The molecule has 1 aromatic rings. The number of likely N-dealkylation sites (N-methyl/N-ethyl adjacent to an activating group) is 1. The molecule has 9 nitrogen and oxygen atoms in total. The van der Waals surface area contributed by atoms with Crippen LogP contribution in [0.1, 0.15) is 51.3 Å². The molecule has 2 aliphatic rings. The van der Waals surface area contributed by atoms with Gasteiger partial charge in [-0.05, 0) is 38.5 Å². The summed E-state index contributed by atoms with van der Waals surface area (Å²) in [6.07, 6.45) is 0.642. The molecule has 3 amide bonds. The number of fused-ring (bicyclic) bond motifs is 1. The fourth-order valence-electron chi connectivity index (χ4n) is 3.84. The van der Waals surface area contributed by atoms with Gasteiger partial charge in [0.25, 0.3) is 17.7 Å². The van der Waals surface area contributed by atoms with E-state index in [0.29, 0.717) is 6.42 Å². The predicted octanol–water partition coefficient (Wildman–Crippen LogP) is 1.05. The SMILES string of the molecule is C=CCN1C(=O)c2ccc(C(=O)OC(C)C(=O)N(CC)C3CCS(=O)(=O)C3)cc2C1=O. The van der Waals surface area contributed by atoms with E-state index in [4.69, 9.17) is 4.74 Å². The number of sulfone groups is 1. The smallest absolute Gasteiger partial charge is 0.338 e. The Hall–Kier alpha value is -3.01. The average Bonchev–Trinajstić information content (AvgIpc) is 3.20. The molecule has 2 unspecified atom stereocenters. The number of amides is 3. The zero-order valence-corrected chi connectivity index (χ0v) is 18.2. The van der Waals surface area contributed by atoms with Crippen molar-refractivity contribution in [2.24, 2.45) is 0 Å². The Balaban J connectivity index is 1.72. The van der Waals surface area contributed by atoms with Crippen molar-refractivity contribution in [3.05, 3.63) is 47.5 Å². The zero-order valence-electron chi connectivity index (χ0n) is 17.4. The van der Waals surface area contributed by atoms with Gasteiger partial charge in [0.2, 0.25) is 0 Å². The minimum absolute atomic E-state index is 0.0281. The van der Waals surface area contributed by atoms with Crippen LogP contribution in [0.15, 0.2) is 30.9 Å². The summed E-state index contributed by atoms with van der Waals surface area (Å²) in [4.78, 5) is 52.5. The second-order valence-corrected chi connectivity index (χ2v) is 9.73. The summed E-state index contributed by atoms with van der Waals surface area (Å²) in [5, 5.41) is 0. The molecule has 0 aromatic heterocycles. The first-order chi connectivity index (χ1) is 14.6. The molecule has 10 heteroatoms. The van der Waals surface area contributed by atoms with Gasteiger partial charge in [-0.2, -0.15) is 0 Å². The van der Waals surface area contributed by atoms with E-state index in [9.17, 15) is 27.6 Å². The predicted molar refractivity (Wildman–Crippen MR) is 111 cm³/mol. The maximum atomic E-state index is 12.8. The fourth-order valence-corrected chi connectivity index (χ4v) is 5.57. The van der Waals surface area contributed by atoms with Gasteiger partial charge in [-0.1, -0.05) is 6.08 Å². The number of hydrogen-bond donors (Lipinski definition) is 0. The van der Waals surface area contributed by atoms with Crippen LogP contribution in [0.3, 0.4) is 0 Å². The monoisotopic (exact) mass is 448 g/mol. The summed E-state index contributed by atoms with van der Waals surface area (Å²) >= 11 is 0. The molecule has 1 fully saturated rings. The van der Waals surface area contributed by atoms with Gasteiger partial charge in [0, 0.05) is 19.1 Å². The van der Waals surface area contributed by atoms with Crippen LogP contribution >= 0.6 is 0 Å². The number of carbonyl (C=O) groups excluding carboxylic acids is 4. The van der Waals surface area contributed by atoms with Crippen LogP contribution in [0.2, 0.25) is 0 Å². The third kappa shape index (κ3) is 4.39. The third-order valence-electron chi connectivity index (χ3n) is 5.42. The number of imide groups is 1. The second kappa shape index (κ2) is 8.62. The van der Waals surface area contributed by atoms with Crippen molar-refractivity contribution in [2.75, 3.05) is 24.6 Å². The molecule has 2 heterocycles. The van der Waals surface area contributed by atoms with Crippen LogP contribution in [0, 0.1) is 0 Å². The highest BCUT2D eigenvalue weighted by molar-refractivity contribution is 7.91. The molecule has 0 bridgehead atoms. The lowest BCUT2D eigenvalue weighted by Gasteiger charge is -2.29. The lowest BCUT2D eigenvalue weighted by Crippen LogP contribution is -2.46. The number of ether oxygens (including phenoxy) is 1. The fraction of sp³-hybridized carbons (Fsp3) is 0.429. The summed E-state index contributed by atoms with van der Waals surface area (Å²) in [6.45, 7) is 7.01. The van der Waals surface area contributed by atoms with E-state index in [-0.39, 0.29) is 41.3 Å². The van der Waals surface area contributed by atoms with Gasteiger partial charge in [-0.3, -0.25) is 19.3 Å². The number of esters is 1. The van der Waals surface area contributed by atoms with Crippen molar-refractivity contribution in [3.8, 4) is 0 Å². The van der Waals surface area contributed by atoms with Crippen molar-refractivity contribution in [2.45, 2.75) is 32.4 Å². The standard InChI is InChI=1S/C21H24N2O7S/c1-4-9-23-19(25)16-7-6-14(11-17(16)20(23)26)21(27)30-13(3)18(24)22(5-2)15-8-10-31(28,29)12-15/h4,6-7,11,13,15H,1,5,8-10,12H2,2-3H3. The van der Waals surface area contributed by atoms with Gasteiger partial charge in [-0.15, -0.1) is 6.58 Å². The number of nitrogens with zero attached hydrogens (tertiary/aromatic N) is 2. The molecule has 3 rings (SSSR count). The Kier molecular flexibility index (Phi) is 6.30. The molecule has 0 N–H and O–H groups in total. The highest BCUT2D eigenvalue weighted by Gasteiger charge is 2.37. The number of rotatable bonds is 7. The lowest BCUT2D eigenvalue weighted by molar-refractivity contribution is -0.141. The summed E-state index contributed by atoms with van der Waals surface area (Å²) in [5.74, 6) is -2.37. The molecular formula is C21H24N2O7S. The summed E-state index contributed by atoms with van der Waals surface area (Å²) in [6, 6.07) is 3.58. The van der Waals surface area contributed by atoms with Gasteiger partial charge in [-0.25, -0.2) is 13.2 Å². The van der Waals surface area contributed by atoms with Crippen LogP contribution in [-0.2, 0) is 19.4 Å². The quantitative estimate of drug-likeness (QED) is 0.347. The summed E-state index contributed by atoms with van der Waals surface area (Å²) in [5.41, 5.74) is 0.310. The van der Waals surface area contributed by atoms with E-state index >= 15 is 0 Å². The number of carbonyl (C=O) groups is 4. The van der Waals surface area contributed by atoms with Crippen molar-refractivity contribution in [1.82, 2.24) is 9.80 Å². The van der Waals surface area contributed by atoms with Crippen molar-refractivity contribution in [1.29, 1.82) is 0 Å². The molecule has 31 heavy (non-hydrogen) atoms. The van der Waals surface area contributed by atoms with Gasteiger partial charge in [0.05, 0.1) is 28.2 Å². The average molecular weight is 448 g/mol. The second-order valence-electron chi connectivity index (χ2n) is 7.50. The Bertz CT molecular complexity index is 1060. The van der Waals surface area contributed by atoms with Gasteiger partial charge in [0.1, 0.15) is 0 Å². The van der Waals surface area contributed by atoms with E-state index in [1.165, 1.54) is 36.1 Å². The van der Waals surface area contributed by atoms with Crippen molar-refractivity contribution in [3.63, 3.8) is 0 Å². The van der Waals surface area contributed by atoms with Crippen molar-refractivity contribution < 1.29 is 32.3 Å². The normalized spacial score (nSPS) is 20.3.